The lowest BCUT2D eigenvalue weighted by Gasteiger charge is -2.30. The van der Waals surface area contributed by atoms with Crippen molar-refractivity contribution in [1.82, 2.24) is 0 Å². The normalized spacial score (nSPS) is 13.8. The number of hydrogen-bond donors (Lipinski definition) is 1. The van der Waals surface area contributed by atoms with Gasteiger partial charge in [-0.05, 0) is 29.8 Å². The topological polar surface area (TPSA) is 111 Å². The van der Waals surface area contributed by atoms with Gasteiger partial charge in [-0.25, -0.2) is 4.79 Å². The Balaban J connectivity index is 1.82. The van der Waals surface area contributed by atoms with Crippen LogP contribution in [0.3, 0.4) is 0 Å². The minimum absolute atomic E-state index is 0.0575. The zero-order valence-corrected chi connectivity index (χ0v) is 16.4. The van der Waals surface area contributed by atoms with Crippen LogP contribution in [0.2, 0.25) is 0 Å². The van der Waals surface area contributed by atoms with Crippen molar-refractivity contribution in [3.05, 3.63) is 69.8 Å². The summed E-state index contributed by atoms with van der Waals surface area (Å²) in [5, 5.41) is 13.7. The van der Waals surface area contributed by atoms with Gasteiger partial charge in [-0.1, -0.05) is 12.1 Å². The van der Waals surface area contributed by atoms with Crippen LogP contribution in [0.15, 0.2) is 48.5 Å². The Bertz CT molecular complexity index is 982. The van der Waals surface area contributed by atoms with E-state index in [0.717, 1.165) is 5.69 Å². The Morgan fingerprint density at radius 1 is 1.20 bits per heavy atom. The number of carbonyl (C=O) groups is 2. The number of ether oxygens (including phenoxy) is 2. The summed E-state index contributed by atoms with van der Waals surface area (Å²) in [4.78, 5) is 36.8. The SMILES string of the molecule is COC(=O)c1ccc(N2CCOCC2)c(NC(=O)/C=C/c2cccc([N+](=O)[O-])c2)c1. The fourth-order valence-electron chi connectivity index (χ4n) is 3.05. The van der Waals surface area contributed by atoms with Crippen LogP contribution in [-0.4, -0.2) is 50.2 Å². The molecule has 2 aromatic rings. The summed E-state index contributed by atoms with van der Waals surface area (Å²) in [5.74, 6) is -0.941. The van der Waals surface area contributed by atoms with Crippen LogP contribution in [0.25, 0.3) is 6.08 Å². The maximum atomic E-state index is 12.5. The average Bonchev–Trinajstić information content (AvgIpc) is 2.78. The molecule has 0 radical (unpaired) electrons. The number of benzene rings is 2. The van der Waals surface area contributed by atoms with E-state index >= 15 is 0 Å². The van der Waals surface area contributed by atoms with Crippen molar-refractivity contribution in [3.63, 3.8) is 0 Å². The molecule has 9 heteroatoms. The number of hydrogen-bond acceptors (Lipinski definition) is 7. The molecular weight excluding hydrogens is 390 g/mol. The Morgan fingerprint density at radius 3 is 2.67 bits per heavy atom. The first-order valence-electron chi connectivity index (χ1n) is 9.26. The predicted octanol–water partition coefficient (Wildman–Crippen LogP) is 2.87. The Hall–Kier alpha value is -3.72. The first-order chi connectivity index (χ1) is 14.5. The van der Waals surface area contributed by atoms with Crippen LogP contribution < -0.4 is 10.2 Å². The standard InChI is InChI=1S/C21H21N3O6/c1-29-21(26)16-6-7-19(23-9-11-30-12-10-23)18(14-16)22-20(25)8-5-15-3-2-4-17(13-15)24(27)28/h2-8,13-14H,9-12H2,1H3,(H,22,25)/b8-5+. The lowest BCUT2D eigenvalue weighted by molar-refractivity contribution is -0.384. The molecular formula is C21H21N3O6. The molecule has 156 valence electrons. The van der Waals surface area contributed by atoms with Crippen molar-refractivity contribution in [2.24, 2.45) is 0 Å². The quantitative estimate of drug-likeness (QED) is 0.337. The molecule has 1 fully saturated rings. The van der Waals surface area contributed by atoms with Gasteiger partial charge in [-0.15, -0.1) is 0 Å². The van der Waals surface area contributed by atoms with Gasteiger partial charge >= 0.3 is 5.97 Å². The highest BCUT2D eigenvalue weighted by Crippen LogP contribution is 2.28. The second kappa shape index (κ2) is 9.66. The zero-order chi connectivity index (χ0) is 21.5. The number of amides is 1. The van der Waals surface area contributed by atoms with Gasteiger partial charge in [-0.2, -0.15) is 0 Å². The molecule has 0 bridgehead atoms. The van der Waals surface area contributed by atoms with Gasteiger partial charge in [0.15, 0.2) is 0 Å². The summed E-state index contributed by atoms with van der Waals surface area (Å²) < 4.78 is 10.1. The zero-order valence-electron chi connectivity index (χ0n) is 16.4. The molecule has 0 unspecified atom stereocenters. The number of nitrogens with one attached hydrogen (secondary N) is 1. The molecule has 0 saturated carbocycles. The van der Waals surface area contributed by atoms with Crippen molar-refractivity contribution < 1.29 is 24.0 Å². The number of non-ortho nitro benzene ring substituents is 1. The molecule has 3 rings (SSSR count). The van der Waals surface area contributed by atoms with Crippen LogP contribution in [-0.2, 0) is 14.3 Å². The summed E-state index contributed by atoms with van der Waals surface area (Å²) in [5.41, 5.74) is 2.01. The van der Waals surface area contributed by atoms with Crippen LogP contribution in [0.4, 0.5) is 17.1 Å². The summed E-state index contributed by atoms with van der Waals surface area (Å²) in [7, 11) is 1.29. The second-order valence-electron chi connectivity index (χ2n) is 6.50. The van der Waals surface area contributed by atoms with E-state index in [1.54, 1.807) is 30.3 Å². The van der Waals surface area contributed by atoms with E-state index in [2.05, 4.69) is 10.2 Å². The van der Waals surface area contributed by atoms with Crippen LogP contribution in [0.1, 0.15) is 15.9 Å². The second-order valence-corrected chi connectivity index (χ2v) is 6.50. The molecule has 30 heavy (non-hydrogen) atoms. The van der Waals surface area contributed by atoms with Crippen LogP contribution in [0, 0.1) is 10.1 Å². The molecule has 1 N–H and O–H groups in total. The third-order valence-corrected chi connectivity index (χ3v) is 4.54. The predicted molar refractivity (Wildman–Crippen MR) is 112 cm³/mol. The Kier molecular flexibility index (Phi) is 6.76. The maximum absolute atomic E-state index is 12.5. The van der Waals surface area contributed by atoms with Crippen molar-refractivity contribution in [2.45, 2.75) is 0 Å². The Labute approximate surface area is 173 Å². The van der Waals surface area contributed by atoms with E-state index in [0.29, 0.717) is 43.1 Å². The maximum Gasteiger partial charge on any atom is 0.337 e. The number of nitrogens with zero attached hydrogens (tertiary/aromatic N) is 2. The number of carbonyl (C=O) groups excluding carboxylic acids is 2. The summed E-state index contributed by atoms with van der Waals surface area (Å²) in [6, 6.07) is 10.9. The fraction of sp³-hybridized carbons (Fsp3) is 0.238. The Morgan fingerprint density at radius 2 is 1.97 bits per heavy atom. The van der Waals surface area contributed by atoms with Gasteiger partial charge in [0, 0.05) is 31.3 Å². The van der Waals surface area contributed by atoms with Crippen molar-refractivity contribution in [2.75, 3.05) is 43.6 Å². The minimum Gasteiger partial charge on any atom is -0.465 e. The molecule has 9 nitrogen and oxygen atoms in total. The van der Waals surface area contributed by atoms with Crippen molar-refractivity contribution in [3.8, 4) is 0 Å². The summed E-state index contributed by atoms with van der Waals surface area (Å²) in [6.07, 6.45) is 2.77. The highest BCUT2D eigenvalue weighted by Gasteiger charge is 2.18. The van der Waals surface area contributed by atoms with Gasteiger partial charge in [-0.3, -0.25) is 14.9 Å². The number of esters is 1. The molecule has 1 aliphatic heterocycles. The molecule has 0 aromatic heterocycles. The summed E-state index contributed by atoms with van der Waals surface area (Å²) in [6.45, 7) is 2.45. The van der Waals surface area contributed by atoms with E-state index in [9.17, 15) is 19.7 Å². The number of anilines is 2. The molecule has 1 saturated heterocycles. The number of morpholine rings is 1. The van der Waals surface area contributed by atoms with E-state index < -0.39 is 16.8 Å². The van der Waals surface area contributed by atoms with E-state index in [4.69, 9.17) is 9.47 Å². The number of rotatable bonds is 6. The van der Waals surface area contributed by atoms with Gasteiger partial charge in [0.2, 0.25) is 5.91 Å². The molecule has 1 heterocycles. The van der Waals surface area contributed by atoms with Crippen molar-refractivity contribution in [1.29, 1.82) is 0 Å². The molecule has 1 aliphatic rings. The van der Waals surface area contributed by atoms with Gasteiger partial charge in [0.25, 0.3) is 5.69 Å². The summed E-state index contributed by atoms with van der Waals surface area (Å²) >= 11 is 0. The van der Waals surface area contributed by atoms with Gasteiger partial charge in [0.1, 0.15) is 0 Å². The molecule has 0 atom stereocenters. The smallest absolute Gasteiger partial charge is 0.337 e. The van der Waals surface area contributed by atoms with E-state index in [1.807, 2.05) is 0 Å². The largest absolute Gasteiger partial charge is 0.465 e. The highest BCUT2D eigenvalue weighted by atomic mass is 16.6. The van der Waals surface area contributed by atoms with Gasteiger partial charge in [0.05, 0.1) is 42.2 Å². The average molecular weight is 411 g/mol. The number of methoxy groups -OCH3 is 1. The third kappa shape index (κ3) is 5.21. The van der Waals surface area contributed by atoms with Crippen molar-refractivity contribution >= 4 is 35.0 Å². The van der Waals surface area contributed by atoms with E-state index in [1.165, 1.54) is 31.4 Å². The van der Waals surface area contributed by atoms with E-state index in [-0.39, 0.29) is 5.69 Å². The number of nitro groups is 1. The molecule has 0 aliphatic carbocycles. The van der Waals surface area contributed by atoms with Crippen LogP contribution in [0.5, 0.6) is 0 Å². The molecule has 1 amide bonds. The van der Waals surface area contributed by atoms with Gasteiger partial charge < -0.3 is 19.7 Å². The molecule has 2 aromatic carbocycles. The fourth-order valence-corrected chi connectivity index (χ4v) is 3.05. The minimum atomic E-state index is -0.508. The lowest BCUT2D eigenvalue weighted by Crippen LogP contribution is -2.36. The lowest BCUT2D eigenvalue weighted by atomic mass is 10.1. The molecule has 0 spiro atoms. The third-order valence-electron chi connectivity index (χ3n) is 4.54. The first kappa shape index (κ1) is 21.0. The number of nitro benzene ring substituents is 1. The highest BCUT2D eigenvalue weighted by molar-refractivity contribution is 6.05. The monoisotopic (exact) mass is 411 g/mol. The van der Waals surface area contributed by atoms with Crippen LogP contribution >= 0.6 is 0 Å². The first-order valence-corrected chi connectivity index (χ1v) is 9.26.